The Balaban J connectivity index is 1.60. The van der Waals surface area contributed by atoms with Crippen LogP contribution in [0.1, 0.15) is 11.4 Å². The van der Waals surface area contributed by atoms with E-state index < -0.39 is 80.4 Å². The van der Waals surface area contributed by atoms with Gasteiger partial charge in [-0.3, -0.25) is 0 Å². The lowest BCUT2D eigenvalue weighted by atomic mass is 10.0. The number of anilines is 1. The van der Waals surface area contributed by atoms with Gasteiger partial charge in [0.1, 0.15) is 0 Å². The first-order chi connectivity index (χ1) is 24.8. The van der Waals surface area contributed by atoms with E-state index in [-0.39, 0.29) is 50.1 Å². The Hall–Kier alpha value is -6.51. The number of aromatic nitrogens is 4. The maximum absolute atomic E-state index is 15.5. The summed E-state index contributed by atoms with van der Waals surface area (Å²) in [6.07, 6.45) is 2.68. The fourth-order valence-corrected chi connectivity index (χ4v) is 6.28. The number of nitrogens with two attached hydrogens (primary N) is 1. The third-order valence-corrected chi connectivity index (χ3v) is 8.70. The predicted octanol–water partition coefficient (Wildman–Crippen LogP) is 10.7. The zero-order valence-corrected chi connectivity index (χ0v) is 25.7. The van der Waals surface area contributed by atoms with Crippen molar-refractivity contribution < 1.29 is 43.9 Å². The molecule has 52 heavy (non-hydrogen) atoms. The summed E-state index contributed by atoms with van der Waals surface area (Å²) in [6.45, 7) is 0. The highest BCUT2D eigenvalue weighted by Crippen LogP contribution is 2.40. The second-order valence-electron chi connectivity index (χ2n) is 11.7. The molecule has 4 aromatic heterocycles. The summed E-state index contributed by atoms with van der Waals surface area (Å²) in [5.41, 5.74) is 3.29. The molecule has 0 spiro atoms. The van der Waals surface area contributed by atoms with Crippen molar-refractivity contribution >= 4 is 50.9 Å². The summed E-state index contributed by atoms with van der Waals surface area (Å²) in [4.78, 5) is 13.2. The van der Waals surface area contributed by atoms with Crippen molar-refractivity contribution in [3.05, 3.63) is 130 Å². The minimum Gasteiger partial charge on any atom is -0.399 e. The Morgan fingerprint density at radius 2 is 0.673 bits per heavy atom. The van der Waals surface area contributed by atoms with E-state index in [2.05, 4.69) is 19.9 Å². The standard InChI is InChI=1S/C37H17F10N5/c38-28-26(29(39)33(43)36(46)32(28)42)24-19-7-5-15(49-19)16-6-8-20(50-16)25(27-30(40)34(44)37(47)35(45)31(27)41)22-12-10-18(52-22)23(17-9-11-21(24)51-17)13-1-3-14(48)4-2-13/h1-12,49-51H,48H2. The van der Waals surface area contributed by atoms with Crippen LogP contribution in [0.15, 0.2) is 60.7 Å². The molecule has 5 nitrogen and oxygen atoms in total. The Morgan fingerprint density at radius 1 is 0.346 bits per heavy atom. The van der Waals surface area contributed by atoms with Crippen LogP contribution in [-0.4, -0.2) is 19.9 Å². The van der Waals surface area contributed by atoms with Gasteiger partial charge < -0.3 is 20.7 Å². The topological polar surface area (TPSA) is 86.3 Å². The van der Waals surface area contributed by atoms with Gasteiger partial charge in [-0.25, -0.2) is 48.9 Å². The van der Waals surface area contributed by atoms with Crippen LogP contribution in [0.25, 0.3) is 78.6 Å². The Bertz CT molecular complexity index is 2760. The summed E-state index contributed by atoms with van der Waals surface area (Å²) in [5, 5.41) is 0. The van der Waals surface area contributed by atoms with Gasteiger partial charge >= 0.3 is 0 Å². The average Bonchev–Trinajstić information content (AvgIpc) is 3.97. The monoisotopic (exact) mass is 721 g/mol. The zero-order chi connectivity index (χ0) is 36.7. The minimum atomic E-state index is -2.36. The molecule has 8 rings (SSSR count). The molecule has 0 saturated carbocycles. The van der Waals surface area contributed by atoms with Crippen LogP contribution in [-0.2, 0) is 0 Å². The molecule has 5 N–H and O–H groups in total. The number of benzene rings is 3. The van der Waals surface area contributed by atoms with Crippen LogP contribution >= 0.6 is 0 Å². The first kappa shape index (κ1) is 32.7. The zero-order valence-electron chi connectivity index (χ0n) is 25.7. The number of nitrogen functional groups attached to an aromatic ring is 1. The van der Waals surface area contributed by atoms with Crippen molar-refractivity contribution in [3.8, 4) is 33.4 Å². The maximum atomic E-state index is 15.5. The van der Waals surface area contributed by atoms with Crippen molar-refractivity contribution in [2.24, 2.45) is 0 Å². The molecule has 0 aliphatic carbocycles. The molecule has 0 radical (unpaired) electrons. The van der Waals surface area contributed by atoms with E-state index in [1.54, 1.807) is 12.1 Å². The van der Waals surface area contributed by atoms with E-state index in [1.807, 2.05) is 0 Å². The molecule has 1 aliphatic heterocycles. The molecule has 15 heteroatoms. The van der Waals surface area contributed by atoms with Gasteiger partial charge in [-0.05, 0) is 66.2 Å². The van der Waals surface area contributed by atoms with Crippen molar-refractivity contribution in [1.29, 1.82) is 0 Å². The van der Waals surface area contributed by atoms with Gasteiger partial charge in [0.15, 0.2) is 46.5 Å². The average molecular weight is 722 g/mol. The number of rotatable bonds is 3. The fourth-order valence-electron chi connectivity index (χ4n) is 6.28. The Morgan fingerprint density at radius 3 is 1.13 bits per heavy atom. The molecule has 0 atom stereocenters. The molecular weight excluding hydrogens is 704 g/mol. The van der Waals surface area contributed by atoms with Gasteiger partial charge in [-0.2, -0.15) is 0 Å². The molecule has 0 saturated heterocycles. The molecule has 0 fully saturated rings. The lowest BCUT2D eigenvalue weighted by Crippen LogP contribution is -2.05. The SMILES string of the molecule is Nc1ccc(-c2c3nc(c(-c4c(F)c(F)c(F)c(F)c4F)c4ccc([nH]4)c4ccc([nH]4)c(-c4c(F)c(F)c(F)c(F)c4F)c4ccc2[nH]4)C=C3)cc1. The molecule has 8 bridgehead atoms. The van der Waals surface area contributed by atoms with Crippen LogP contribution in [0, 0.1) is 58.2 Å². The quantitative estimate of drug-likeness (QED) is 0.0634. The van der Waals surface area contributed by atoms with E-state index >= 15 is 17.6 Å². The number of halogens is 10. The molecule has 3 aromatic carbocycles. The molecule has 5 heterocycles. The summed E-state index contributed by atoms with van der Waals surface area (Å²) in [6, 6.07) is 14.3. The number of hydrogen-bond donors (Lipinski definition) is 4. The van der Waals surface area contributed by atoms with Gasteiger partial charge in [-0.1, -0.05) is 12.1 Å². The van der Waals surface area contributed by atoms with Crippen molar-refractivity contribution in [2.75, 3.05) is 5.73 Å². The number of hydrogen-bond acceptors (Lipinski definition) is 2. The van der Waals surface area contributed by atoms with Gasteiger partial charge in [0.2, 0.25) is 11.6 Å². The maximum Gasteiger partial charge on any atom is 0.200 e. The molecular formula is C37H17F10N5. The van der Waals surface area contributed by atoms with Gasteiger partial charge in [0.25, 0.3) is 0 Å². The third-order valence-electron chi connectivity index (χ3n) is 8.70. The van der Waals surface area contributed by atoms with E-state index in [1.165, 1.54) is 60.7 Å². The van der Waals surface area contributed by atoms with Crippen LogP contribution < -0.4 is 5.73 Å². The number of nitrogens with one attached hydrogen (secondary N) is 3. The number of fused-ring (bicyclic) bond motifs is 9. The van der Waals surface area contributed by atoms with Gasteiger partial charge in [0.05, 0.1) is 33.5 Å². The van der Waals surface area contributed by atoms with E-state index in [0.29, 0.717) is 11.3 Å². The summed E-state index contributed by atoms with van der Waals surface area (Å²) in [5.74, 6) is -21.9. The summed E-state index contributed by atoms with van der Waals surface area (Å²) < 4.78 is 149. The Kier molecular flexibility index (Phi) is 7.41. The molecule has 0 amide bonds. The Labute approximate surface area is 284 Å². The largest absolute Gasteiger partial charge is 0.399 e. The first-order valence-electron chi connectivity index (χ1n) is 15.1. The van der Waals surface area contributed by atoms with Crippen molar-refractivity contribution in [3.63, 3.8) is 0 Å². The minimum absolute atomic E-state index is 0.0792. The second-order valence-corrected chi connectivity index (χ2v) is 11.7. The van der Waals surface area contributed by atoms with Crippen LogP contribution in [0.3, 0.4) is 0 Å². The lowest BCUT2D eigenvalue weighted by molar-refractivity contribution is 0.381. The second kappa shape index (κ2) is 11.8. The highest BCUT2D eigenvalue weighted by molar-refractivity contribution is 6.00. The predicted molar refractivity (Wildman–Crippen MR) is 175 cm³/mol. The fraction of sp³-hybridized carbons (Fsp3) is 0. The highest BCUT2D eigenvalue weighted by Gasteiger charge is 2.31. The van der Waals surface area contributed by atoms with Crippen molar-refractivity contribution in [2.45, 2.75) is 0 Å². The highest BCUT2D eigenvalue weighted by atomic mass is 19.2. The van der Waals surface area contributed by atoms with Crippen LogP contribution in [0.5, 0.6) is 0 Å². The number of H-pyrrole nitrogens is 3. The summed E-state index contributed by atoms with van der Waals surface area (Å²) in [7, 11) is 0. The normalized spacial score (nSPS) is 12.0. The van der Waals surface area contributed by atoms with Crippen LogP contribution in [0.2, 0.25) is 0 Å². The number of nitrogens with zero attached hydrogens (tertiary/aromatic N) is 1. The third kappa shape index (κ3) is 4.83. The van der Waals surface area contributed by atoms with Gasteiger partial charge in [-0.15, -0.1) is 0 Å². The molecule has 260 valence electrons. The molecule has 7 aromatic rings. The van der Waals surface area contributed by atoms with E-state index in [9.17, 15) is 26.3 Å². The molecule has 1 aliphatic rings. The lowest BCUT2D eigenvalue weighted by Gasteiger charge is -2.10. The van der Waals surface area contributed by atoms with E-state index in [0.717, 1.165) is 0 Å². The first-order valence-corrected chi connectivity index (χ1v) is 15.1. The molecule has 0 unspecified atom stereocenters. The van der Waals surface area contributed by atoms with E-state index in [4.69, 9.17) is 5.73 Å². The smallest absolute Gasteiger partial charge is 0.200 e. The number of aromatic amines is 3. The van der Waals surface area contributed by atoms with Crippen LogP contribution in [0.4, 0.5) is 49.6 Å². The van der Waals surface area contributed by atoms with Gasteiger partial charge in [0, 0.05) is 44.4 Å². The van der Waals surface area contributed by atoms with Crippen molar-refractivity contribution in [1.82, 2.24) is 19.9 Å². The summed E-state index contributed by atoms with van der Waals surface area (Å²) >= 11 is 0.